The lowest BCUT2D eigenvalue weighted by Crippen LogP contribution is -2.07. The van der Waals surface area contributed by atoms with Gasteiger partial charge >= 0.3 is 0 Å². The maximum Gasteiger partial charge on any atom is 0.130 e. The van der Waals surface area contributed by atoms with Gasteiger partial charge in [0.25, 0.3) is 0 Å². The largest absolute Gasteiger partial charge is 0.360 e. The van der Waals surface area contributed by atoms with Gasteiger partial charge in [0.2, 0.25) is 0 Å². The van der Waals surface area contributed by atoms with E-state index < -0.39 is 0 Å². The Morgan fingerprint density at radius 2 is 2.38 bits per heavy atom. The third-order valence-electron chi connectivity index (χ3n) is 2.62. The molecule has 8 heavy (non-hydrogen) atoms. The molecule has 1 spiro atoms. The number of hydrogen-bond acceptors (Lipinski definition) is 2. The first kappa shape index (κ1) is 3.85. The molecular formula is C6H9NO. The van der Waals surface area contributed by atoms with Crippen molar-refractivity contribution in [2.24, 2.45) is 0 Å². The van der Waals surface area contributed by atoms with Gasteiger partial charge in [-0.25, -0.2) is 0 Å². The first-order chi connectivity index (χ1) is 3.93. The van der Waals surface area contributed by atoms with Gasteiger partial charge in [0.15, 0.2) is 0 Å². The van der Waals surface area contributed by atoms with Crippen LogP contribution in [-0.2, 0) is 4.74 Å². The van der Waals surface area contributed by atoms with Gasteiger partial charge < -0.3 is 4.74 Å². The summed E-state index contributed by atoms with van der Waals surface area (Å²) in [4.78, 5) is 2.48. The zero-order valence-electron chi connectivity index (χ0n) is 4.76. The van der Waals surface area contributed by atoms with Gasteiger partial charge in [0.05, 0.1) is 12.1 Å². The average Bonchev–Trinajstić information content (AvgIpc) is 2.60. The zero-order chi connectivity index (χ0) is 5.19. The van der Waals surface area contributed by atoms with Gasteiger partial charge in [-0.3, -0.25) is 4.90 Å². The Morgan fingerprint density at radius 3 is 2.75 bits per heavy atom. The van der Waals surface area contributed by atoms with Crippen molar-refractivity contribution in [1.29, 1.82) is 0 Å². The molecule has 3 aliphatic rings. The summed E-state index contributed by atoms with van der Waals surface area (Å²) in [5.41, 5.74) is 0.623. The van der Waals surface area contributed by atoms with Crippen LogP contribution in [0, 0.1) is 0 Å². The van der Waals surface area contributed by atoms with Crippen molar-refractivity contribution in [3.8, 4) is 0 Å². The molecule has 3 rings (SSSR count). The van der Waals surface area contributed by atoms with Crippen molar-refractivity contribution in [2.45, 2.75) is 24.6 Å². The van der Waals surface area contributed by atoms with Gasteiger partial charge in [0, 0.05) is 6.54 Å². The number of hydrogen-bond donors (Lipinski definition) is 0. The Labute approximate surface area is 48.4 Å². The molecule has 0 aromatic carbocycles. The average molecular weight is 111 g/mol. The Balaban J connectivity index is 1.94. The van der Waals surface area contributed by atoms with Crippen LogP contribution in [0.1, 0.15) is 12.8 Å². The van der Waals surface area contributed by atoms with E-state index >= 15 is 0 Å². The van der Waals surface area contributed by atoms with E-state index in [2.05, 4.69) is 4.90 Å². The van der Waals surface area contributed by atoms with Crippen LogP contribution < -0.4 is 0 Å². The lowest BCUT2D eigenvalue weighted by Gasteiger charge is -1.94. The molecule has 2 aliphatic heterocycles. The molecule has 2 heterocycles. The van der Waals surface area contributed by atoms with E-state index in [1.165, 1.54) is 19.4 Å². The second-order valence-corrected chi connectivity index (χ2v) is 3.02. The van der Waals surface area contributed by atoms with Crippen LogP contribution in [0.5, 0.6) is 0 Å². The molecule has 2 nitrogen and oxygen atoms in total. The van der Waals surface area contributed by atoms with E-state index in [0.29, 0.717) is 11.8 Å². The van der Waals surface area contributed by atoms with Crippen LogP contribution >= 0.6 is 0 Å². The quantitative estimate of drug-likeness (QED) is 0.414. The SMILES string of the molecule is C1CN2C(O1)C21CC1. The predicted molar refractivity (Wildman–Crippen MR) is 28.4 cm³/mol. The lowest BCUT2D eigenvalue weighted by molar-refractivity contribution is 0.148. The van der Waals surface area contributed by atoms with Gasteiger partial charge in [-0.05, 0) is 12.8 Å². The lowest BCUT2D eigenvalue weighted by atomic mass is 10.4. The van der Waals surface area contributed by atoms with E-state index in [9.17, 15) is 0 Å². The van der Waals surface area contributed by atoms with E-state index in [-0.39, 0.29) is 0 Å². The number of morpholine rings is 1. The molecule has 0 aromatic rings. The Bertz CT molecular complexity index is 129. The molecule has 3 fully saturated rings. The maximum absolute atomic E-state index is 5.43. The highest BCUT2D eigenvalue weighted by Crippen LogP contribution is 2.61. The van der Waals surface area contributed by atoms with Gasteiger partial charge in [0.1, 0.15) is 6.23 Å². The Hall–Kier alpha value is -0.0800. The summed E-state index contributed by atoms with van der Waals surface area (Å²) in [6, 6.07) is 0. The van der Waals surface area contributed by atoms with Crippen molar-refractivity contribution >= 4 is 0 Å². The number of rotatable bonds is 0. The summed E-state index contributed by atoms with van der Waals surface area (Å²) in [6.07, 6.45) is 3.37. The minimum Gasteiger partial charge on any atom is -0.360 e. The van der Waals surface area contributed by atoms with Crippen molar-refractivity contribution in [2.75, 3.05) is 13.2 Å². The van der Waals surface area contributed by atoms with Crippen molar-refractivity contribution in [3.05, 3.63) is 0 Å². The maximum atomic E-state index is 5.43. The van der Waals surface area contributed by atoms with Crippen LogP contribution in [0.15, 0.2) is 0 Å². The highest BCUT2D eigenvalue weighted by atomic mass is 16.5. The summed E-state index contributed by atoms with van der Waals surface area (Å²) in [6.45, 7) is 2.18. The molecule has 44 valence electrons. The minimum atomic E-state index is 0.572. The summed E-state index contributed by atoms with van der Waals surface area (Å²) < 4.78 is 5.43. The molecular weight excluding hydrogens is 102 g/mol. The summed E-state index contributed by atoms with van der Waals surface area (Å²) >= 11 is 0. The molecule has 0 radical (unpaired) electrons. The monoisotopic (exact) mass is 111 g/mol. The van der Waals surface area contributed by atoms with Crippen molar-refractivity contribution in [1.82, 2.24) is 4.90 Å². The smallest absolute Gasteiger partial charge is 0.130 e. The molecule has 2 atom stereocenters. The Morgan fingerprint density at radius 1 is 1.50 bits per heavy atom. The third-order valence-corrected chi connectivity index (χ3v) is 2.62. The molecule has 2 heteroatoms. The fraction of sp³-hybridized carbons (Fsp3) is 1.00. The summed E-state index contributed by atoms with van der Waals surface area (Å²) in [5, 5.41) is 0. The fourth-order valence-corrected chi connectivity index (χ4v) is 1.91. The topological polar surface area (TPSA) is 12.2 Å². The summed E-state index contributed by atoms with van der Waals surface area (Å²) in [5.74, 6) is 0. The van der Waals surface area contributed by atoms with Crippen LogP contribution in [-0.4, -0.2) is 29.8 Å². The van der Waals surface area contributed by atoms with E-state index in [1.807, 2.05) is 0 Å². The van der Waals surface area contributed by atoms with Crippen LogP contribution in [0.25, 0.3) is 0 Å². The number of fused-ring (bicyclic) bond motifs is 3. The third kappa shape index (κ3) is 0.231. The molecule has 0 aromatic heterocycles. The van der Waals surface area contributed by atoms with E-state index in [4.69, 9.17) is 4.74 Å². The molecule has 2 unspecified atom stereocenters. The molecule has 1 aliphatic carbocycles. The minimum absolute atomic E-state index is 0.572. The standard InChI is InChI=1S/C6H9NO/c1-2-6(1)5-7(6)3-4-8-5/h5H,1-4H2. The van der Waals surface area contributed by atoms with Crippen LogP contribution in [0.4, 0.5) is 0 Å². The van der Waals surface area contributed by atoms with Crippen molar-refractivity contribution < 1.29 is 4.74 Å². The summed E-state index contributed by atoms with van der Waals surface area (Å²) in [7, 11) is 0. The van der Waals surface area contributed by atoms with Gasteiger partial charge in [-0.2, -0.15) is 0 Å². The highest BCUT2D eigenvalue weighted by Gasteiger charge is 2.73. The first-order valence-electron chi connectivity index (χ1n) is 3.32. The predicted octanol–water partition coefficient (Wildman–Crippen LogP) is 0.191. The Kier molecular flexibility index (Phi) is 0.408. The highest BCUT2D eigenvalue weighted by molar-refractivity contribution is 5.24. The number of ether oxygens (including phenoxy) is 1. The zero-order valence-corrected chi connectivity index (χ0v) is 4.76. The second kappa shape index (κ2) is 0.847. The normalized spacial score (nSPS) is 54.0. The molecule has 1 saturated carbocycles. The van der Waals surface area contributed by atoms with Gasteiger partial charge in [-0.1, -0.05) is 0 Å². The molecule has 0 N–H and O–H groups in total. The van der Waals surface area contributed by atoms with Crippen molar-refractivity contribution in [3.63, 3.8) is 0 Å². The molecule has 0 amide bonds. The van der Waals surface area contributed by atoms with E-state index in [0.717, 1.165) is 6.61 Å². The molecule has 0 bridgehead atoms. The van der Waals surface area contributed by atoms with Crippen LogP contribution in [0.3, 0.4) is 0 Å². The van der Waals surface area contributed by atoms with Crippen LogP contribution in [0.2, 0.25) is 0 Å². The van der Waals surface area contributed by atoms with Gasteiger partial charge in [-0.15, -0.1) is 0 Å². The number of nitrogens with zero attached hydrogens (tertiary/aromatic N) is 1. The second-order valence-electron chi connectivity index (χ2n) is 3.02. The van der Waals surface area contributed by atoms with E-state index in [1.54, 1.807) is 0 Å². The first-order valence-corrected chi connectivity index (χ1v) is 3.32. The molecule has 2 saturated heterocycles. The fourth-order valence-electron chi connectivity index (χ4n) is 1.91.